The van der Waals surface area contributed by atoms with Gasteiger partial charge in [-0.15, -0.1) is 0 Å². The third kappa shape index (κ3) is 4.55. The van der Waals surface area contributed by atoms with Crippen LogP contribution >= 0.6 is 0 Å². The van der Waals surface area contributed by atoms with Crippen LogP contribution in [0.4, 0.5) is 0 Å². The Morgan fingerprint density at radius 1 is 0.833 bits per heavy atom. The molecule has 0 aromatic rings. The second-order valence-corrected chi connectivity index (χ2v) is 5.52. The van der Waals surface area contributed by atoms with Crippen LogP contribution in [0.1, 0.15) is 6.92 Å². The number of nitrogens with zero attached hydrogens (tertiary/aromatic N) is 4. The van der Waals surface area contributed by atoms with Crippen LogP contribution in [-0.4, -0.2) is 99.0 Å². The molecule has 0 aromatic carbocycles. The fourth-order valence-corrected chi connectivity index (χ4v) is 2.03. The SMILES string of the molecule is CN1CCN(C)CC1.C[C@H]1C(=O)N(C)CCN1C. The lowest BCUT2D eigenvalue weighted by Crippen LogP contribution is -2.52. The van der Waals surface area contributed by atoms with Crippen molar-refractivity contribution in [3.63, 3.8) is 0 Å². The molecule has 5 heteroatoms. The predicted octanol–water partition coefficient (Wildman–Crippen LogP) is -0.358. The second-order valence-electron chi connectivity index (χ2n) is 5.52. The van der Waals surface area contributed by atoms with E-state index in [1.165, 1.54) is 26.2 Å². The van der Waals surface area contributed by atoms with E-state index in [1.54, 1.807) is 4.90 Å². The van der Waals surface area contributed by atoms with Gasteiger partial charge in [0.2, 0.25) is 5.91 Å². The minimum atomic E-state index is 0.0683. The van der Waals surface area contributed by atoms with Crippen LogP contribution < -0.4 is 0 Å². The first-order valence-electron chi connectivity index (χ1n) is 6.74. The summed E-state index contributed by atoms with van der Waals surface area (Å²) in [7, 11) is 8.18. The zero-order chi connectivity index (χ0) is 13.7. The number of likely N-dealkylation sites (N-methyl/N-ethyl adjacent to an activating group) is 4. The van der Waals surface area contributed by atoms with Crippen molar-refractivity contribution in [2.45, 2.75) is 13.0 Å². The lowest BCUT2D eigenvalue weighted by atomic mass is 10.2. The highest BCUT2D eigenvalue weighted by molar-refractivity contribution is 5.81. The highest BCUT2D eigenvalue weighted by Crippen LogP contribution is 2.05. The molecule has 0 aromatic heterocycles. The number of hydrogen-bond donors (Lipinski definition) is 0. The normalized spacial score (nSPS) is 27.9. The fourth-order valence-electron chi connectivity index (χ4n) is 2.03. The summed E-state index contributed by atoms with van der Waals surface area (Å²) in [6.07, 6.45) is 0. The van der Waals surface area contributed by atoms with Crippen LogP contribution in [0.2, 0.25) is 0 Å². The molecule has 2 aliphatic heterocycles. The summed E-state index contributed by atoms with van der Waals surface area (Å²) in [5.41, 5.74) is 0. The molecule has 2 saturated heterocycles. The van der Waals surface area contributed by atoms with Gasteiger partial charge in [0, 0.05) is 46.3 Å². The smallest absolute Gasteiger partial charge is 0.239 e. The van der Waals surface area contributed by atoms with E-state index in [1.807, 2.05) is 21.0 Å². The lowest BCUT2D eigenvalue weighted by Gasteiger charge is -2.34. The van der Waals surface area contributed by atoms with E-state index in [0.29, 0.717) is 0 Å². The molecule has 2 aliphatic rings. The number of piperazine rings is 2. The topological polar surface area (TPSA) is 30.0 Å². The van der Waals surface area contributed by atoms with Crippen molar-refractivity contribution in [3.8, 4) is 0 Å². The predicted molar refractivity (Wildman–Crippen MR) is 74.7 cm³/mol. The molecule has 1 atom stereocenters. The quantitative estimate of drug-likeness (QED) is 0.592. The Kier molecular flexibility index (Phi) is 6.05. The second kappa shape index (κ2) is 7.07. The first-order chi connectivity index (χ1) is 8.41. The van der Waals surface area contributed by atoms with Crippen molar-refractivity contribution in [2.75, 3.05) is 67.5 Å². The van der Waals surface area contributed by atoms with Gasteiger partial charge in [0.05, 0.1) is 6.04 Å². The zero-order valence-corrected chi connectivity index (χ0v) is 12.5. The molecule has 5 nitrogen and oxygen atoms in total. The molecule has 2 fully saturated rings. The maximum absolute atomic E-state index is 11.2. The summed E-state index contributed by atoms with van der Waals surface area (Å²) in [5, 5.41) is 0. The summed E-state index contributed by atoms with van der Waals surface area (Å²) < 4.78 is 0. The van der Waals surface area contributed by atoms with Gasteiger partial charge in [0.1, 0.15) is 0 Å². The Labute approximate surface area is 111 Å². The first kappa shape index (κ1) is 15.4. The molecule has 106 valence electrons. The molecule has 0 saturated carbocycles. The van der Waals surface area contributed by atoms with Crippen molar-refractivity contribution in [1.29, 1.82) is 0 Å². The molecular formula is C13H28N4O. The molecule has 0 unspecified atom stereocenters. The molecular weight excluding hydrogens is 228 g/mol. The van der Waals surface area contributed by atoms with Crippen molar-refractivity contribution in [1.82, 2.24) is 19.6 Å². The molecule has 0 aliphatic carbocycles. The van der Waals surface area contributed by atoms with E-state index in [0.717, 1.165) is 13.1 Å². The first-order valence-corrected chi connectivity index (χ1v) is 6.74. The molecule has 0 radical (unpaired) electrons. The van der Waals surface area contributed by atoms with Crippen molar-refractivity contribution in [2.24, 2.45) is 0 Å². The Balaban J connectivity index is 0.000000184. The highest BCUT2D eigenvalue weighted by atomic mass is 16.2. The van der Waals surface area contributed by atoms with Gasteiger partial charge in [-0.05, 0) is 28.1 Å². The maximum Gasteiger partial charge on any atom is 0.239 e. The third-order valence-electron chi connectivity index (χ3n) is 3.91. The Morgan fingerprint density at radius 2 is 1.28 bits per heavy atom. The maximum atomic E-state index is 11.2. The van der Waals surface area contributed by atoms with Gasteiger partial charge in [0.15, 0.2) is 0 Å². The monoisotopic (exact) mass is 256 g/mol. The van der Waals surface area contributed by atoms with Gasteiger partial charge in [-0.2, -0.15) is 0 Å². The molecule has 1 amide bonds. The van der Waals surface area contributed by atoms with E-state index in [2.05, 4.69) is 28.8 Å². The van der Waals surface area contributed by atoms with Crippen molar-refractivity contribution >= 4 is 5.91 Å². The number of rotatable bonds is 0. The van der Waals surface area contributed by atoms with Gasteiger partial charge in [0.25, 0.3) is 0 Å². The van der Waals surface area contributed by atoms with Gasteiger partial charge < -0.3 is 14.7 Å². The molecule has 0 bridgehead atoms. The van der Waals surface area contributed by atoms with Gasteiger partial charge >= 0.3 is 0 Å². The van der Waals surface area contributed by atoms with Crippen LogP contribution in [0.15, 0.2) is 0 Å². The van der Waals surface area contributed by atoms with E-state index in [9.17, 15) is 4.79 Å². The summed E-state index contributed by atoms with van der Waals surface area (Å²) in [4.78, 5) is 19.8. The number of amides is 1. The van der Waals surface area contributed by atoms with E-state index >= 15 is 0 Å². The van der Waals surface area contributed by atoms with Crippen molar-refractivity contribution < 1.29 is 4.79 Å². The van der Waals surface area contributed by atoms with Crippen LogP contribution in [0.3, 0.4) is 0 Å². The Hall–Kier alpha value is -0.650. The number of hydrogen-bond acceptors (Lipinski definition) is 4. The van der Waals surface area contributed by atoms with E-state index in [-0.39, 0.29) is 11.9 Å². The molecule has 0 spiro atoms. The highest BCUT2D eigenvalue weighted by Gasteiger charge is 2.25. The standard InChI is InChI=1S/C7H14N2O.C6H14N2/c1-6-7(10)9(3)5-4-8(6)2;1-7-3-5-8(2)6-4-7/h6H,4-5H2,1-3H3;3-6H2,1-2H3/t6-;/m0./s1. The Bertz CT molecular complexity index is 254. The zero-order valence-electron chi connectivity index (χ0n) is 12.5. The molecule has 2 heterocycles. The van der Waals surface area contributed by atoms with Gasteiger partial charge in [-0.3, -0.25) is 9.69 Å². The summed E-state index contributed by atoms with van der Waals surface area (Å²) in [6, 6.07) is 0.0683. The number of carbonyl (C=O) groups is 1. The van der Waals surface area contributed by atoms with Crippen LogP contribution in [0.25, 0.3) is 0 Å². The lowest BCUT2D eigenvalue weighted by molar-refractivity contribution is -0.138. The fraction of sp³-hybridized carbons (Fsp3) is 0.923. The van der Waals surface area contributed by atoms with Crippen LogP contribution in [0, 0.1) is 0 Å². The minimum absolute atomic E-state index is 0.0683. The van der Waals surface area contributed by atoms with Crippen molar-refractivity contribution in [3.05, 3.63) is 0 Å². The van der Waals surface area contributed by atoms with Crippen LogP contribution in [0.5, 0.6) is 0 Å². The Morgan fingerprint density at radius 3 is 1.67 bits per heavy atom. The van der Waals surface area contributed by atoms with Gasteiger partial charge in [-0.25, -0.2) is 0 Å². The average Bonchev–Trinajstić information content (AvgIpc) is 2.36. The van der Waals surface area contributed by atoms with Gasteiger partial charge in [-0.1, -0.05) is 0 Å². The molecule has 18 heavy (non-hydrogen) atoms. The van der Waals surface area contributed by atoms with E-state index < -0.39 is 0 Å². The largest absolute Gasteiger partial charge is 0.343 e. The van der Waals surface area contributed by atoms with Crippen LogP contribution in [-0.2, 0) is 4.79 Å². The summed E-state index contributed by atoms with van der Waals surface area (Å²) >= 11 is 0. The minimum Gasteiger partial charge on any atom is -0.343 e. The summed E-state index contributed by atoms with van der Waals surface area (Å²) in [5.74, 6) is 0.230. The summed E-state index contributed by atoms with van der Waals surface area (Å²) in [6.45, 7) is 8.72. The average molecular weight is 256 g/mol. The van der Waals surface area contributed by atoms with E-state index in [4.69, 9.17) is 0 Å². The third-order valence-corrected chi connectivity index (χ3v) is 3.91. The number of carbonyl (C=O) groups excluding carboxylic acids is 1. The molecule has 2 rings (SSSR count). The molecule has 0 N–H and O–H groups in total.